The van der Waals surface area contributed by atoms with Crippen LogP contribution in [0.2, 0.25) is 0 Å². The molecular weight excluding hydrogens is 563 g/mol. The van der Waals surface area contributed by atoms with Gasteiger partial charge in [0.05, 0.1) is 12.7 Å². The van der Waals surface area contributed by atoms with Gasteiger partial charge in [0.1, 0.15) is 0 Å². The van der Waals surface area contributed by atoms with Crippen LogP contribution in [0.25, 0.3) is 0 Å². The molecule has 0 aromatic rings. The molecule has 0 saturated heterocycles. The first kappa shape index (κ1) is 42.5. The number of unbranched alkanes of at least 4 members (excludes halogenated alkanes) is 25. The lowest BCUT2D eigenvalue weighted by atomic mass is 10.0. The summed E-state index contributed by atoms with van der Waals surface area (Å²) in [5.41, 5.74) is 0. The fourth-order valence-electron chi connectivity index (χ4n) is 5.64. The minimum Gasteiger partial charge on any atom is -0.457 e. The Labute approximate surface area is 265 Å². The van der Waals surface area contributed by atoms with Crippen molar-refractivity contribution >= 4 is 13.8 Å². The summed E-state index contributed by atoms with van der Waals surface area (Å²) in [5.74, 6) is -0.442. The second-order valence-corrected chi connectivity index (χ2v) is 14.0. The summed E-state index contributed by atoms with van der Waals surface area (Å²) in [6.45, 7) is 3.99. The van der Waals surface area contributed by atoms with E-state index in [4.69, 9.17) is 14.5 Å². The van der Waals surface area contributed by atoms with E-state index in [1.165, 1.54) is 135 Å². The molecule has 43 heavy (non-hydrogen) atoms. The fraction of sp³-hybridized carbons (Fsp3) is 0.971. The van der Waals surface area contributed by atoms with Crippen molar-refractivity contribution in [1.82, 2.24) is 0 Å². The number of phosphoric acid groups is 1. The Balaban J connectivity index is 3.96. The molecule has 0 rings (SSSR count). The van der Waals surface area contributed by atoms with Gasteiger partial charge >= 0.3 is 13.8 Å². The number of ether oxygens (including phenoxy) is 1. The maximum absolute atomic E-state index is 12.4. The molecule has 2 atom stereocenters. The van der Waals surface area contributed by atoms with Crippen molar-refractivity contribution in [3.05, 3.63) is 0 Å². The predicted molar refractivity (Wildman–Crippen MR) is 179 cm³/mol. The minimum atomic E-state index is -4.72. The van der Waals surface area contributed by atoms with E-state index >= 15 is 0 Å². The van der Waals surface area contributed by atoms with E-state index in [0.29, 0.717) is 6.42 Å². The van der Waals surface area contributed by atoms with Gasteiger partial charge in [0.25, 0.3) is 0 Å². The Morgan fingerprint density at radius 1 is 0.558 bits per heavy atom. The zero-order valence-electron chi connectivity index (χ0n) is 28.3. The molecule has 0 spiro atoms. The lowest BCUT2D eigenvalue weighted by Crippen LogP contribution is -2.35. The zero-order valence-corrected chi connectivity index (χ0v) is 29.2. The number of carbonyl (C=O) groups is 1. The number of esters is 1. The summed E-state index contributed by atoms with van der Waals surface area (Å²) in [5, 5.41) is 10.6. The van der Waals surface area contributed by atoms with Gasteiger partial charge in [-0.05, 0) is 12.8 Å². The maximum Gasteiger partial charge on any atom is 0.469 e. The monoisotopic (exact) mass is 634 g/mol. The first-order chi connectivity index (χ1) is 20.8. The average Bonchev–Trinajstić information content (AvgIpc) is 2.97. The van der Waals surface area contributed by atoms with Crippen LogP contribution in [0.3, 0.4) is 0 Å². The summed E-state index contributed by atoms with van der Waals surface area (Å²) in [4.78, 5) is 30.6. The van der Waals surface area contributed by atoms with Gasteiger partial charge in [-0.1, -0.05) is 181 Å². The normalized spacial score (nSPS) is 13.3. The van der Waals surface area contributed by atoms with Crippen LogP contribution in [0.4, 0.5) is 0 Å². The molecule has 8 heteroatoms. The van der Waals surface area contributed by atoms with Gasteiger partial charge < -0.3 is 19.6 Å². The molecule has 0 aromatic heterocycles. The van der Waals surface area contributed by atoms with E-state index < -0.39 is 32.6 Å². The maximum atomic E-state index is 12.4. The van der Waals surface area contributed by atoms with Crippen LogP contribution in [0, 0.1) is 0 Å². The van der Waals surface area contributed by atoms with Crippen molar-refractivity contribution in [2.75, 3.05) is 6.61 Å². The van der Waals surface area contributed by atoms with Crippen molar-refractivity contribution in [2.24, 2.45) is 0 Å². The molecule has 0 fully saturated rings. The number of aliphatic hydroxyl groups excluding tert-OH is 1. The van der Waals surface area contributed by atoms with Gasteiger partial charge in [-0.3, -0.25) is 9.32 Å². The summed E-state index contributed by atoms with van der Waals surface area (Å²) in [6, 6.07) is 0. The highest BCUT2D eigenvalue weighted by molar-refractivity contribution is 7.46. The Morgan fingerprint density at radius 3 is 1.23 bits per heavy atom. The van der Waals surface area contributed by atoms with Crippen molar-refractivity contribution in [3.8, 4) is 0 Å². The second-order valence-electron chi connectivity index (χ2n) is 12.8. The SMILES string of the molecule is CCCCCCCCCCCCCCCCC(O)C(COP(=O)(O)O)OC(=O)CCCCCCCCCCCCCCC. The molecule has 2 unspecified atom stereocenters. The Kier molecular flexibility index (Phi) is 31.2. The standard InChI is InChI=1S/C35H71O7P/c1-3-5-7-9-11-13-15-17-19-20-22-24-26-28-30-33(36)34(32-41-43(38,39)40)42-35(37)31-29-27-25-23-21-18-16-14-12-10-8-6-4-2/h33-34,36H,3-32H2,1-2H3,(H2,38,39,40). The van der Waals surface area contributed by atoms with E-state index in [9.17, 15) is 14.5 Å². The first-order valence-electron chi connectivity index (χ1n) is 18.4. The highest BCUT2D eigenvalue weighted by atomic mass is 31.2. The van der Waals surface area contributed by atoms with Crippen LogP contribution < -0.4 is 0 Å². The van der Waals surface area contributed by atoms with Crippen molar-refractivity contribution < 1.29 is 33.5 Å². The molecule has 0 aliphatic heterocycles. The van der Waals surface area contributed by atoms with E-state index in [0.717, 1.165) is 38.5 Å². The number of phosphoric ester groups is 1. The predicted octanol–water partition coefficient (Wildman–Crippen LogP) is 10.7. The topological polar surface area (TPSA) is 113 Å². The van der Waals surface area contributed by atoms with Gasteiger partial charge in [-0.25, -0.2) is 4.57 Å². The molecule has 0 amide bonds. The van der Waals surface area contributed by atoms with Crippen molar-refractivity contribution in [2.45, 2.75) is 212 Å². The van der Waals surface area contributed by atoms with Gasteiger partial charge in [-0.2, -0.15) is 0 Å². The average molecular weight is 635 g/mol. The Morgan fingerprint density at radius 2 is 0.884 bits per heavy atom. The smallest absolute Gasteiger partial charge is 0.457 e. The summed E-state index contributed by atoms with van der Waals surface area (Å²) in [7, 11) is -4.72. The number of aliphatic hydroxyl groups is 1. The lowest BCUT2D eigenvalue weighted by molar-refractivity contribution is -0.158. The summed E-state index contributed by atoms with van der Waals surface area (Å²) >= 11 is 0. The van der Waals surface area contributed by atoms with Crippen molar-refractivity contribution in [1.29, 1.82) is 0 Å². The third kappa shape index (κ3) is 32.7. The van der Waals surface area contributed by atoms with Gasteiger partial charge in [-0.15, -0.1) is 0 Å². The molecule has 0 aliphatic rings. The highest BCUT2D eigenvalue weighted by Gasteiger charge is 2.27. The molecule has 3 N–H and O–H groups in total. The molecule has 0 aliphatic carbocycles. The van der Waals surface area contributed by atoms with E-state index in [2.05, 4.69) is 18.4 Å². The molecule has 7 nitrogen and oxygen atoms in total. The molecule has 0 saturated carbocycles. The van der Waals surface area contributed by atoms with Crippen LogP contribution in [0.1, 0.15) is 200 Å². The largest absolute Gasteiger partial charge is 0.469 e. The number of hydrogen-bond donors (Lipinski definition) is 3. The molecule has 0 aromatic carbocycles. The third-order valence-electron chi connectivity index (χ3n) is 8.46. The molecule has 0 bridgehead atoms. The molecule has 0 heterocycles. The fourth-order valence-corrected chi connectivity index (χ4v) is 5.98. The molecule has 0 radical (unpaired) electrons. The number of rotatable bonds is 34. The molecule has 258 valence electrons. The van der Waals surface area contributed by atoms with E-state index in [1.807, 2.05) is 0 Å². The van der Waals surface area contributed by atoms with Crippen LogP contribution in [0.15, 0.2) is 0 Å². The van der Waals surface area contributed by atoms with Crippen LogP contribution >= 0.6 is 7.82 Å². The van der Waals surface area contributed by atoms with E-state index in [1.54, 1.807) is 0 Å². The second kappa shape index (κ2) is 31.5. The lowest BCUT2D eigenvalue weighted by Gasteiger charge is -2.23. The first-order valence-corrected chi connectivity index (χ1v) is 19.9. The zero-order chi connectivity index (χ0) is 31.9. The number of carbonyl (C=O) groups excluding carboxylic acids is 1. The number of hydrogen-bond acceptors (Lipinski definition) is 5. The Bertz CT molecular complexity index is 640. The summed E-state index contributed by atoms with van der Waals surface area (Å²) < 4.78 is 21.2. The molecular formula is C35H71O7P. The van der Waals surface area contributed by atoms with Gasteiger partial charge in [0.15, 0.2) is 6.10 Å². The van der Waals surface area contributed by atoms with Crippen LogP contribution in [-0.4, -0.2) is 39.7 Å². The van der Waals surface area contributed by atoms with E-state index in [-0.39, 0.29) is 6.42 Å². The van der Waals surface area contributed by atoms with Crippen LogP contribution in [-0.2, 0) is 18.6 Å². The van der Waals surface area contributed by atoms with Gasteiger partial charge in [0.2, 0.25) is 0 Å². The van der Waals surface area contributed by atoms with Crippen LogP contribution in [0.5, 0.6) is 0 Å². The quantitative estimate of drug-likeness (QED) is 0.0366. The van der Waals surface area contributed by atoms with Crippen molar-refractivity contribution in [3.63, 3.8) is 0 Å². The Hall–Kier alpha value is -0.460. The van der Waals surface area contributed by atoms with Gasteiger partial charge in [0, 0.05) is 6.42 Å². The highest BCUT2D eigenvalue weighted by Crippen LogP contribution is 2.36. The summed E-state index contributed by atoms with van der Waals surface area (Å²) in [6.07, 6.45) is 31.9. The third-order valence-corrected chi connectivity index (χ3v) is 8.94. The minimum absolute atomic E-state index is 0.246.